The SMILES string of the molecule is CCCN(CC(F)(F)F)CC(C)(CC)C(=O)O. The molecule has 17 heavy (non-hydrogen) atoms. The zero-order valence-corrected chi connectivity index (χ0v) is 10.5. The van der Waals surface area contributed by atoms with Crippen LogP contribution in [0.25, 0.3) is 0 Å². The Morgan fingerprint density at radius 1 is 1.24 bits per heavy atom. The van der Waals surface area contributed by atoms with Crippen LogP contribution in [0.5, 0.6) is 0 Å². The summed E-state index contributed by atoms with van der Waals surface area (Å²) in [5.41, 5.74) is -1.12. The quantitative estimate of drug-likeness (QED) is 0.760. The molecule has 0 rings (SSSR count). The summed E-state index contributed by atoms with van der Waals surface area (Å²) in [5.74, 6) is -1.05. The van der Waals surface area contributed by atoms with E-state index >= 15 is 0 Å². The summed E-state index contributed by atoms with van der Waals surface area (Å²) in [6.07, 6.45) is -3.42. The Bertz CT molecular complexity index is 256. The van der Waals surface area contributed by atoms with Crippen LogP contribution in [0.4, 0.5) is 13.2 Å². The van der Waals surface area contributed by atoms with Crippen molar-refractivity contribution in [1.82, 2.24) is 4.90 Å². The summed E-state index contributed by atoms with van der Waals surface area (Å²) in [5, 5.41) is 9.04. The maximum Gasteiger partial charge on any atom is 0.401 e. The van der Waals surface area contributed by atoms with Crippen molar-refractivity contribution in [3.8, 4) is 0 Å². The third kappa shape index (κ3) is 5.91. The number of nitrogens with zero attached hydrogens (tertiary/aromatic N) is 1. The Morgan fingerprint density at radius 3 is 2.06 bits per heavy atom. The minimum atomic E-state index is -4.29. The third-order valence-corrected chi connectivity index (χ3v) is 2.81. The molecule has 0 amide bonds. The van der Waals surface area contributed by atoms with Crippen molar-refractivity contribution in [1.29, 1.82) is 0 Å². The summed E-state index contributed by atoms with van der Waals surface area (Å²) in [4.78, 5) is 12.2. The Hall–Kier alpha value is -0.780. The van der Waals surface area contributed by atoms with Gasteiger partial charge in [0.1, 0.15) is 0 Å². The van der Waals surface area contributed by atoms with Gasteiger partial charge in [0.2, 0.25) is 0 Å². The fourth-order valence-electron chi connectivity index (χ4n) is 1.61. The molecule has 0 aliphatic rings. The van der Waals surface area contributed by atoms with Crippen LogP contribution in [0.2, 0.25) is 0 Å². The summed E-state index contributed by atoms with van der Waals surface area (Å²) in [6, 6.07) is 0. The van der Waals surface area contributed by atoms with Crippen molar-refractivity contribution in [2.45, 2.75) is 39.8 Å². The fraction of sp³-hybridized carbons (Fsp3) is 0.909. The molecule has 0 aromatic heterocycles. The molecule has 0 spiro atoms. The number of halogens is 3. The molecule has 6 heteroatoms. The first-order valence-corrected chi connectivity index (χ1v) is 5.67. The van der Waals surface area contributed by atoms with Crippen molar-refractivity contribution in [3.05, 3.63) is 0 Å². The van der Waals surface area contributed by atoms with E-state index in [4.69, 9.17) is 5.11 Å². The van der Waals surface area contributed by atoms with Gasteiger partial charge in [-0.25, -0.2) is 0 Å². The van der Waals surface area contributed by atoms with Gasteiger partial charge in [-0.2, -0.15) is 13.2 Å². The highest BCUT2D eigenvalue weighted by molar-refractivity contribution is 5.74. The third-order valence-electron chi connectivity index (χ3n) is 2.81. The Labute approximate surface area is 99.6 Å². The van der Waals surface area contributed by atoms with Gasteiger partial charge in [-0.1, -0.05) is 13.8 Å². The fourth-order valence-corrected chi connectivity index (χ4v) is 1.61. The van der Waals surface area contributed by atoms with E-state index in [1.807, 2.05) is 0 Å². The molecule has 0 saturated carbocycles. The molecule has 0 fully saturated rings. The highest BCUT2D eigenvalue weighted by Crippen LogP contribution is 2.25. The van der Waals surface area contributed by atoms with E-state index in [2.05, 4.69) is 0 Å². The van der Waals surface area contributed by atoms with E-state index in [-0.39, 0.29) is 13.1 Å². The largest absolute Gasteiger partial charge is 0.481 e. The van der Waals surface area contributed by atoms with Crippen LogP contribution in [0.15, 0.2) is 0 Å². The summed E-state index contributed by atoms with van der Waals surface area (Å²) < 4.78 is 37.0. The molecule has 1 atom stereocenters. The van der Waals surface area contributed by atoms with Crippen LogP contribution >= 0.6 is 0 Å². The number of hydrogen-bond acceptors (Lipinski definition) is 2. The Morgan fingerprint density at radius 2 is 1.76 bits per heavy atom. The van der Waals surface area contributed by atoms with Crippen LogP contribution in [0, 0.1) is 5.41 Å². The maximum atomic E-state index is 12.3. The van der Waals surface area contributed by atoms with Crippen LogP contribution < -0.4 is 0 Å². The average molecular weight is 255 g/mol. The standard InChI is InChI=1S/C11H20F3NO2/c1-4-6-15(8-11(12,13)14)7-10(3,5-2)9(16)17/h4-8H2,1-3H3,(H,16,17). The van der Waals surface area contributed by atoms with Crippen LogP contribution in [0.1, 0.15) is 33.6 Å². The van der Waals surface area contributed by atoms with Gasteiger partial charge in [0.05, 0.1) is 12.0 Å². The van der Waals surface area contributed by atoms with E-state index in [1.165, 1.54) is 6.92 Å². The first-order valence-electron chi connectivity index (χ1n) is 5.67. The smallest absolute Gasteiger partial charge is 0.401 e. The molecular weight excluding hydrogens is 235 g/mol. The first kappa shape index (κ1) is 16.2. The molecule has 3 nitrogen and oxygen atoms in total. The van der Waals surface area contributed by atoms with Gasteiger partial charge in [0, 0.05) is 6.54 Å². The number of carboxylic acid groups (broad SMARTS) is 1. The second-order valence-electron chi connectivity index (χ2n) is 4.55. The minimum Gasteiger partial charge on any atom is -0.481 e. The molecule has 0 aromatic carbocycles. The van der Waals surface area contributed by atoms with Crippen molar-refractivity contribution < 1.29 is 23.1 Å². The van der Waals surface area contributed by atoms with Crippen LogP contribution in [0.3, 0.4) is 0 Å². The molecule has 0 radical (unpaired) electrons. The van der Waals surface area contributed by atoms with E-state index in [0.717, 1.165) is 4.90 Å². The molecule has 102 valence electrons. The number of rotatable bonds is 7. The van der Waals surface area contributed by atoms with Crippen LogP contribution in [-0.4, -0.2) is 41.8 Å². The van der Waals surface area contributed by atoms with Crippen LogP contribution in [-0.2, 0) is 4.79 Å². The topological polar surface area (TPSA) is 40.5 Å². The lowest BCUT2D eigenvalue weighted by molar-refractivity contribution is -0.159. The highest BCUT2D eigenvalue weighted by Gasteiger charge is 2.37. The van der Waals surface area contributed by atoms with Gasteiger partial charge in [-0.15, -0.1) is 0 Å². The molecule has 0 saturated heterocycles. The van der Waals surface area contributed by atoms with E-state index in [9.17, 15) is 18.0 Å². The molecule has 0 aliphatic carbocycles. The Balaban J connectivity index is 4.68. The molecule has 0 heterocycles. The van der Waals surface area contributed by atoms with E-state index < -0.39 is 24.1 Å². The van der Waals surface area contributed by atoms with Crippen molar-refractivity contribution >= 4 is 5.97 Å². The summed E-state index contributed by atoms with van der Waals surface area (Å²) in [6.45, 7) is 4.05. The maximum absolute atomic E-state index is 12.3. The lowest BCUT2D eigenvalue weighted by Gasteiger charge is -2.31. The van der Waals surface area contributed by atoms with Crippen molar-refractivity contribution in [2.24, 2.45) is 5.41 Å². The second kappa shape index (κ2) is 6.23. The van der Waals surface area contributed by atoms with E-state index in [1.54, 1.807) is 13.8 Å². The monoisotopic (exact) mass is 255 g/mol. The predicted octanol–water partition coefficient (Wildman–Crippen LogP) is 2.76. The van der Waals surface area contributed by atoms with Crippen molar-refractivity contribution in [3.63, 3.8) is 0 Å². The summed E-state index contributed by atoms with van der Waals surface area (Å²) >= 11 is 0. The molecule has 1 unspecified atom stereocenters. The van der Waals surface area contributed by atoms with Gasteiger partial charge >= 0.3 is 12.1 Å². The predicted molar refractivity (Wildman–Crippen MR) is 58.8 cm³/mol. The molecule has 0 aliphatic heterocycles. The molecule has 0 bridgehead atoms. The number of carboxylic acids is 1. The van der Waals surface area contributed by atoms with E-state index in [0.29, 0.717) is 12.8 Å². The number of hydrogen-bond donors (Lipinski definition) is 1. The van der Waals surface area contributed by atoms with Gasteiger partial charge < -0.3 is 5.11 Å². The average Bonchev–Trinajstić information content (AvgIpc) is 2.15. The normalized spacial score (nSPS) is 15.9. The summed E-state index contributed by atoms with van der Waals surface area (Å²) in [7, 11) is 0. The minimum absolute atomic E-state index is 0.0772. The first-order chi connectivity index (χ1) is 7.64. The second-order valence-corrected chi connectivity index (χ2v) is 4.55. The lowest BCUT2D eigenvalue weighted by atomic mass is 9.87. The number of aliphatic carboxylic acids is 1. The number of carbonyl (C=O) groups is 1. The molecular formula is C11H20F3NO2. The Kier molecular flexibility index (Phi) is 5.95. The molecule has 1 N–H and O–H groups in total. The zero-order valence-electron chi connectivity index (χ0n) is 10.5. The zero-order chi connectivity index (χ0) is 13.7. The van der Waals surface area contributed by atoms with Gasteiger partial charge in [-0.3, -0.25) is 9.69 Å². The molecule has 0 aromatic rings. The van der Waals surface area contributed by atoms with Gasteiger partial charge in [-0.05, 0) is 26.3 Å². The van der Waals surface area contributed by atoms with Crippen molar-refractivity contribution in [2.75, 3.05) is 19.6 Å². The number of alkyl halides is 3. The lowest BCUT2D eigenvalue weighted by Crippen LogP contribution is -2.44. The highest BCUT2D eigenvalue weighted by atomic mass is 19.4. The van der Waals surface area contributed by atoms with Gasteiger partial charge in [0.15, 0.2) is 0 Å². The van der Waals surface area contributed by atoms with Gasteiger partial charge in [0.25, 0.3) is 0 Å².